The van der Waals surface area contributed by atoms with Crippen molar-refractivity contribution < 1.29 is 17.9 Å². The van der Waals surface area contributed by atoms with Crippen molar-refractivity contribution >= 4 is 0 Å². The van der Waals surface area contributed by atoms with Gasteiger partial charge in [-0.1, -0.05) is 12.1 Å². The number of benzene rings is 1. The summed E-state index contributed by atoms with van der Waals surface area (Å²) in [7, 11) is 0. The predicted molar refractivity (Wildman–Crippen MR) is 82.2 cm³/mol. The second kappa shape index (κ2) is 6.79. The van der Waals surface area contributed by atoms with Gasteiger partial charge in [-0.2, -0.15) is 13.2 Å². The zero-order valence-corrected chi connectivity index (χ0v) is 13.0. The fourth-order valence-electron chi connectivity index (χ4n) is 3.32. The molecule has 23 heavy (non-hydrogen) atoms. The topological polar surface area (TPSA) is 47.3 Å². The monoisotopic (exact) mass is 328 g/mol. The second-order valence-corrected chi connectivity index (χ2v) is 6.61. The van der Waals surface area contributed by atoms with E-state index in [1.165, 1.54) is 0 Å². The molecular formula is C17H23F3N2O. The summed E-state index contributed by atoms with van der Waals surface area (Å²) in [4.78, 5) is 0. The first-order valence-electron chi connectivity index (χ1n) is 8.21. The Morgan fingerprint density at radius 2 is 1.87 bits per heavy atom. The van der Waals surface area contributed by atoms with Gasteiger partial charge in [-0.15, -0.1) is 0 Å². The molecule has 1 aromatic carbocycles. The minimum Gasteiger partial charge on any atom is -0.376 e. The third kappa shape index (κ3) is 4.05. The summed E-state index contributed by atoms with van der Waals surface area (Å²) >= 11 is 0. The molecule has 0 aromatic heterocycles. The molecule has 1 saturated heterocycles. The van der Waals surface area contributed by atoms with Gasteiger partial charge in [0.25, 0.3) is 0 Å². The van der Waals surface area contributed by atoms with E-state index in [4.69, 9.17) is 10.5 Å². The highest BCUT2D eigenvalue weighted by Gasteiger charge is 2.34. The summed E-state index contributed by atoms with van der Waals surface area (Å²) in [6.07, 6.45) is -0.203. The van der Waals surface area contributed by atoms with E-state index in [1.807, 2.05) is 0 Å². The Labute approximate surface area is 134 Å². The lowest BCUT2D eigenvalue weighted by Crippen LogP contribution is -2.52. The highest BCUT2D eigenvalue weighted by molar-refractivity contribution is 5.28. The summed E-state index contributed by atoms with van der Waals surface area (Å²) in [6, 6.07) is 5.86. The van der Waals surface area contributed by atoms with Crippen molar-refractivity contribution in [2.75, 3.05) is 13.2 Å². The number of nitrogens with two attached hydrogens (primary N) is 1. The maximum absolute atomic E-state index is 12.6. The molecule has 1 aromatic rings. The smallest absolute Gasteiger partial charge is 0.376 e. The number of halogens is 3. The molecule has 2 atom stereocenters. The van der Waals surface area contributed by atoms with Crippen LogP contribution in [0, 0.1) is 0 Å². The van der Waals surface area contributed by atoms with Crippen LogP contribution < -0.4 is 11.1 Å². The van der Waals surface area contributed by atoms with E-state index in [0.717, 1.165) is 49.9 Å². The van der Waals surface area contributed by atoms with Crippen molar-refractivity contribution in [3.8, 4) is 0 Å². The maximum atomic E-state index is 12.6. The lowest BCUT2D eigenvalue weighted by Gasteiger charge is -2.38. The molecule has 2 fully saturated rings. The van der Waals surface area contributed by atoms with Gasteiger partial charge in [-0.05, 0) is 55.8 Å². The predicted octanol–water partition coefficient (Wildman–Crippen LogP) is 3.05. The Morgan fingerprint density at radius 3 is 2.48 bits per heavy atom. The Morgan fingerprint density at radius 1 is 1.17 bits per heavy atom. The van der Waals surface area contributed by atoms with E-state index >= 15 is 0 Å². The third-order valence-electron chi connectivity index (χ3n) is 4.95. The number of hydrogen-bond acceptors (Lipinski definition) is 3. The van der Waals surface area contributed by atoms with Crippen LogP contribution in [0.4, 0.5) is 13.2 Å². The fraction of sp³-hybridized carbons (Fsp3) is 0.647. The van der Waals surface area contributed by atoms with Gasteiger partial charge in [-0.25, -0.2) is 0 Å². The van der Waals surface area contributed by atoms with Crippen LogP contribution in [-0.2, 0) is 10.9 Å². The summed E-state index contributed by atoms with van der Waals surface area (Å²) < 4.78 is 43.5. The Kier molecular flexibility index (Phi) is 4.94. The molecule has 0 spiro atoms. The van der Waals surface area contributed by atoms with E-state index in [-0.39, 0.29) is 18.2 Å². The Hall–Kier alpha value is -1.11. The van der Waals surface area contributed by atoms with Crippen molar-refractivity contribution in [1.29, 1.82) is 0 Å². The van der Waals surface area contributed by atoms with E-state index in [2.05, 4.69) is 5.32 Å². The molecule has 1 aliphatic carbocycles. The number of hydrogen-bond donors (Lipinski definition) is 2. The summed E-state index contributed by atoms with van der Waals surface area (Å²) in [5, 5.41) is 3.38. The number of rotatable bonds is 4. The molecule has 128 valence electrons. The molecule has 3 rings (SSSR count). The molecule has 6 heteroatoms. The summed E-state index contributed by atoms with van der Waals surface area (Å²) in [5.41, 5.74) is 6.43. The van der Waals surface area contributed by atoms with Gasteiger partial charge in [0.05, 0.1) is 18.3 Å². The van der Waals surface area contributed by atoms with E-state index < -0.39 is 11.7 Å². The minimum atomic E-state index is -4.27. The van der Waals surface area contributed by atoms with Crippen LogP contribution in [0.5, 0.6) is 0 Å². The number of ether oxygens (including phenoxy) is 1. The number of piperidine rings is 1. The van der Waals surface area contributed by atoms with E-state index in [9.17, 15) is 13.2 Å². The molecule has 0 radical (unpaired) electrons. The molecule has 3 N–H and O–H groups in total. The van der Waals surface area contributed by atoms with Crippen molar-refractivity contribution in [3.05, 3.63) is 35.4 Å². The average molecular weight is 328 g/mol. The first-order valence-corrected chi connectivity index (χ1v) is 8.21. The largest absolute Gasteiger partial charge is 0.416 e. The molecule has 0 amide bonds. The molecule has 1 saturated carbocycles. The minimum absolute atomic E-state index is 0.148. The lowest BCUT2D eigenvalue weighted by molar-refractivity contribution is -0.137. The fourth-order valence-corrected chi connectivity index (χ4v) is 3.32. The quantitative estimate of drug-likeness (QED) is 0.893. The van der Waals surface area contributed by atoms with Crippen LogP contribution in [-0.4, -0.2) is 31.3 Å². The van der Waals surface area contributed by atoms with Gasteiger partial charge >= 0.3 is 6.18 Å². The van der Waals surface area contributed by atoms with Gasteiger partial charge < -0.3 is 15.8 Å². The van der Waals surface area contributed by atoms with Crippen LogP contribution in [0.1, 0.15) is 42.7 Å². The zero-order valence-electron chi connectivity index (χ0n) is 13.0. The SMILES string of the molecule is N[C@H]1CCCN[C@H]1COC1CC(c2ccc(C(F)(F)F)cc2)C1. The summed E-state index contributed by atoms with van der Waals surface area (Å²) in [6.45, 7) is 1.60. The normalized spacial score (nSPS) is 31.7. The third-order valence-corrected chi connectivity index (χ3v) is 4.95. The second-order valence-electron chi connectivity index (χ2n) is 6.61. The molecule has 1 aliphatic heterocycles. The van der Waals surface area contributed by atoms with Crippen molar-refractivity contribution in [2.24, 2.45) is 5.73 Å². The van der Waals surface area contributed by atoms with Crippen LogP contribution >= 0.6 is 0 Å². The summed E-state index contributed by atoms with van der Waals surface area (Å²) in [5.74, 6) is 0.301. The van der Waals surface area contributed by atoms with Gasteiger partial charge in [0.15, 0.2) is 0 Å². The van der Waals surface area contributed by atoms with Crippen molar-refractivity contribution in [3.63, 3.8) is 0 Å². The van der Waals surface area contributed by atoms with Crippen LogP contribution in [0.25, 0.3) is 0 Å². The highest BCUT2D eigenvalue weighted by Crippen LogP contribution is 2.40. The van der Waals surface area contributed by atoms with Crippen molar-refractivity contribution in [1.82, 2.24) is 5.32 Å². The van der Waals surface area contributed by atoms with Crippen LogP contribution in [0.15, 0.2) is 24.3 Å². The first-order chi connectivity index (χ1) is 10.9. The lowest BCUT2D eigenvalue weighted by atomic mass is 9.77. The maximum Gasteiger partial charge on any atom is 0.416 e. The molecule has 1 heterocycles. The number of alkyl halides is 3. The van der Waals surface area contributed by atoms with Crippen LogP contribution in [0.2, 0.25) is 0 Å². The molecule has 2 aliphatic rings. The molecule has 0 unspecified atom stereocenters. The van der Waals surface area contributed by atoms with E-state index in [1.54, 1.807) is 12.1 Å². The standard InChI is InChI=1S/C17H23F3N2O/c18-17(19,20)13-5-3-11(4-6-13)12-8-14(9-12)23-10-16-15(21)2-1-7-22-16/h3-6,12,14-16,22H,1-2,7-10,21H2/t12?,14?,15-,16-/m0/s1. The number of nitrogens with one attached hydrogen (secondary N) is 1. The first kappa shape index (κ1) is 16.7. The van der Waals surface area contributed by atoms with Gasteiger partial charge in [-0.3, -0.25) is 0 Å². The van der Waals surface area contributed by atoms with Gasteiger partial charge in [0, 0.05) is 12.1 Å². The van der Waals surface area contributed by atoms with Crippen LogP contribution in [0.3, 0.4) is 0 Å². The van der Waals surface area contributed by atoms with Gasteiger partial charge in [0.1, 0.15) is 0 Å². The van der Waals surface area contributed by atoms with Gasteiger partial charge in [0.2, 0.25) is 0 Å². The molecular weight excluding hydrogens is 305 g/mol. The Bertz CT molecular complexity index is 512. The zero-order chi connectivity index (χ0) is 16.4. The Balaban J connectivity index is 1.44. The molecule has 0 bridgehead atoms. The van der Waals surface area contributed by atoms with E-state index in [0.29, 0.717) is 12.5 Å². The molecule has 3 nitrogen and oxygen atoms in total. The average Bonchev–Trinajstić information content (AvgIpc) is 2.47. The van der Waals surface area contributed by atoms with Crippen molar-refractivity contribution in [2.45, 2.75) is 56.0 Å². The highest BCUT2D eigenvalue weighted by atomic mass is 19.4.